The summed E-state index contributed by atoms with van der Waals surface area (Å²) in [6.07, 6.45) is 10.9. The Bertz CT molecular complexity index is 310. The van der Waals surface area contributed by atoms with Gasteiger partial charge in [0.2, 0.25) is 0 Å². The van der Waals surface area contributed by atoms with Gasteiger partial charge in [0.25, 0.3) is 0 Å². The van der Waals surface area contributed by atoms with Crippen LogP contribution in [0.3, 0.4) is 0 Å². The molecule has 26 heavy (non-hydrogen) atoms. The van der Waals surface area contributed by atoms with E-state index in [2.05, 4.69) is 37.5 Å². The van der Waals surface area contributed by atoms with Gasteiger partial charge in [0.05, 0.1) is 6.10 Å². The van der Waals surface area contributed by atoms with Crippen molar-refractivity contribution in [2.75, 3.05) is 0 Å². The first-order valence-corrected chi connectivity index (χ1v) is 12.6. The van der Waals surface area contributed by atoms with Crippen molar-refractivity contribution in [2.45, 2.75) is 77.7 Å². The molecule has 1 unspecified atom stereocenters. The van der Waals surface area contributed by atoms with E-state index in [4.69, 9.17) is 29.4 Å². The van der Waals surface area contributed by atoms with Gasteiger partial charge < -0.3 is 47.9 Å². The molecule has 0 bridgehead atoms. The zero-order valence-electron chi connectivity index (χ0n) is 15.7. The maximum absolute atomic E-state index is 9.54. The van der Waals surface area contributed by atoms with Gasteiger partial charge in [-0.15, -0.1) is 0 Å². The van der Waals surface area contributed by atoms with Crippen molar-refractivity contribution in [1.29, 1.82) is 0 Å². The topological polar surface area (TPSA) is 159 Å². The number of rotatable bonds is 9. The Morgan fingerprint density at radius 2 is 0.923 bits per heavy atom. The van der Waals surface area contributed by atoms with Crippen molar-refractivity contribution < 1.29 is 92.9 Å². The summed E-state index contributed by atoms with van der Waals surface area (Å²) in [6.45, 7) is -4.70. The number of aliphatic hydroxyl groups excluding tert-OH is 1. The third-order valence-corrected chi connectivity index (χ3v) is 2.53. The molecule has 0 spiro atoms. The number of unbranched alkanes of at least 4 members (excludes halogenated alkanes) is 5. The first-order valence-electron chi connectivity index (χ1n) is 7.45. The average Bonchev–Trinajstić information content (AvgIpc) is 2.32. The molecule has 0 saturated carbocycles. The second-order valence-corrected chi connectivity index (χ2v) is 9.37. The smallest absolute Gasteiger partial charge is 0.844 e. The van der Waals surface area contributed by atoms with Gasteiger partial charge in [-0.05, 0) is 12.8 Å². The Labute approximate surface area is 206 Å². The minimum atomic E-state index is -4.56. The van der Waals surface area contributed by atoms with Crippen molar-refractivity contribution in [1.82, 2.24) is 0 Å². The van der Waals surface area contributed by atoms with Crippen LogP contribution in [0.1, 0.15) is 71.6 Å². The van der Waals surface area contributed by atoms with Crippen LogP contribution in [-0.4, -0.2) is 11.2 Å². The normalized spacial score (nSPS) is 11.1. The summed E-state index contributed by atoms with van der Waals surface area (Å²) < 4.78 is 0. The molecule has 0 aromatic rings. The first-order chi connectivity index (χ1) is 10.3. The Kier molecular flexibility index (Phi) is 46.0. The van der Waals surface area contributed by atoms with Crippen LogP contribution in [0.2, 0.25) is 0 Å². The predicted molar refractivity (Wildman–Crippen MR) is 87.5 cm³/mol. The summed E-state index contributed by atoms with van der Waals surface area (Å²) in [5, 5.41) is 9.54. The van der Waals surface area contributed by atoms with Crippen LogP contribution in [0.5, 0.6) is 0 Å². The quantitative estimate of drug-likeness (QED) is 0.187. The molecule has 0 heterocycles. The molecule has 7 nitrogen and oxygen atoms in total. The molecule has 0 radical (unpaired) electrons. The first kappa shape index (κ1) is 42.9. The molecular formula is C12H26O7P2S2Zn3. The van der Waals surface area contributed by atoms with Crippen LogP contribution in [-0.2, 0) is 82.0 Å². The number of aliphatic hydroxyl groups is 1. The van der Waals surface area contributed by atoms with Crippen LogP contribution >= 0.6 is 13.4 Å². The minimum Gasteiger partial charge on any atom is -0.844 e. The van der Waals surface area contributed by atoms with E-state index < -0.39 is 13.4 Å². The van der Waals surface area contributed by atoms with E-state index in [1.54, 1.807) is 0 Å². The van der Waals surface area contributed by atoms with E-state index in [1.807, 2.05) is 0 Å². The summed E-state index contributed by atoms with van der Waals surface area (Å²) in [4.78, 5) is 53.5. The minimum absolute atomic E-state index is 0. The maximum atomic E-state index is 9.54. The van der Waals surface area contributed by atoms with Crippen LogP contribution in [0.25, 0.3) is 0 Å². The standard InChI is InChI=1S/C12H26O.2H3O3PS.3Zn/c1-3-5-7-8-9-11-12(13)10-6-4-2;2*1-4(2,3)5;;;/h12-13H,3-11H2,1-2H3;2*(H3,1,2,3,5);;;/q;;;3*+2/p-6. The molecule has 0 aliphatic heterocycles. The van der Waals surface area contributed by atoms with Crippen molar-refractivity contribution >= 4 is 37.1 Å². The molecule has 0 aromatic carbocycles. The molecule has 1 N–H and O–H groups in total. The van der Waals surface area contributed by atoms with E-state index in [9.17, 15) is 5.11 Å². The monoisotopic (exact) mass is 600 g/mol. The molecule has 0 aliphatic carbocycles. The molecule has 1 atom stereocenters. The van der Waals surface area contributed by atoms with E-state index in [0.29, 0.717) is 0 Å². The van der Waals surface area contributed by atoms with Crippen molar-refractivity contribution in [3.05, 3.63) is 0 Å². The van der Waals surface area contributed by atoms with Crippen LogP contribution in [0.15, 0.2) is 0 Å². The fourth-order valence-electron chi connectivity index (χ4n) is 1.57. The second kappa shape index (κ2) is 27.9. The van der Waals surface area contributed by atoms with Gasteiger partial charge in [0, 0.05) is 0 Å². The SMILES string of the molecule is CCCCCCCC(O)CCCC.[O-]P([O-])([O-])=S.[O-]P([O-])([O-])=S.[Zn+2].[Zn+2].[Zn+2]. The van der Waals surface area contributed by atoms with E-state index in [1.165, 1.54) is 44.9 Å². The third kappa shape index (κ3) is 93.4. The van der Waals surface area contributed by atoms with Gasteiger partial charge in [-0.3, -0.25) is 0 Å². The van der Waals surface area contributed by atoms with Crippen LogP contribution in [0.4, 0.5) is 0 Å². The molecule has 0 saturated heterocycles. The Hall–Kier alpha value is 2.89. The molecule has 14 heteroatoms. The van der Waals surface area contributed by atoms with Gasteiger partial charge in [-0.25, -0.2) is 0 Å². The second-order valence-electron chi connectivity index (χ2n) is 4.89. The molecule has 0 rings (SSSR count). The summed E-state index contributed by atoms with van der Waals surface area (Å²) in [7, 11) is 0. The third-order valence-electron chi connectivity index (χ3n) is 2.53. The zero-order valence-corrected chi connectivity index (χ0v) is 28.0. The maximum Gasteiger partial charge on any atom is 2.00 e. The van der Waals surface area contributed by atoms with Gasteiger partial charge in [0.1, 0.15) is 0 Å². The number of hydrogen-bond acceptors (Lipinski definition) is 9. The van der Waals surface area contributed by atoms with Gasteiger partial charge in [-0.1, -0.05) is 58.8 Å². The predicted octanol–water partition coefficient (Wildman–Crippen LogP) is -1.53. The van der Waals surface area contributed by atoms with E-state index in [0.717, 1.165) is 12.8 Å². The molecular weight excluding hydrogens is 578 g/mol. The molecule has 0 aromatic heterocycles. The largest absolute Gasteiger partial charge is 2.00 e. The van der Waals surface area contributed by atoms with E-state index in [-0.39, 0.29) is 64.5 Å². The van der Waals surface area contributed by atoms with Crippen LogP contribution in [0, 0.1) is 0 Å². The number of hydrogen-bond donors (Lipinski definition) is 1. The fourth-order valence-corrected chi connectivity index (χ4v) is 1.57. The Morgan fingerprint density at radius 1 is 0.654 bits per heavy atom. The van der Waals surface area contributed by atoms with Crippen molar-refractivity contribution in [3.8, 4) is 0 Å². The Morgan fingerprint density at radius 3 is 1.23 bits per heavy atom. The van der Waals surface area contributed by atoms with Gasteiger partial charge in [0.15, 0.2) is 0 Å². The molecule has 144 valence electrons. The Balaban J connectivity index is -0.0000000652. The zero-order chi connectivity index (χ0) is 18.9. The molecule has 0 amide bonds. The van der Waals surface area contributed by atoms with Crippen molar-refractivity contribution in [3.63, 3.8) is 0 Å². The fraction of sp³-hybridized carbons (Fsp3) is 1.00. The summed E-state index contributed by atoms with van der Waals surface area (Å²) >= 11 is 6.54. The molecule has 0 fully saturated rings. The van der Waals surface area contributed by atoms with Gasteiger partial charge >= 0.3 is 58.4 Å². The summed E-state index contributed by atoms with van der Waals surface area (Å²) in [6, 6.07) is 0. The van der Waals surface area contributed by atoms with E-state index >= 15 is 0 Å². The van der Waals surface area contributed by atoms with Crippen LogP contribution < -0.4 is 29.4 Å². The molecule has 0 aliphatic rings. The van der Waals surface area contributed by atoms with Gasteiger partial charge in [-0.2, -0.15) is 23.6 Å². The van der Waals surface area contributed by atoms with Crippen molar-refractivity contribution in [2.24, 2.45) is 0 Å². The summed E-state index contributed by atoms with van der Waals surface area (Å²) in [5.74, 6) is 0. The summed E-state index contributed by atoms with van der Waals surface area (Å²) in [5.41, 5.74) is 0. The average molecular weight is 605 g/mol.